The largest absolute Gasteiger partial charge is 0.493 e. The second-order valence-corrected chi connectivity index (χ2v) is 7.27. The molecule has 5 nitrogen and oxygen atoms in total. The van der Waals surface area contributed by atoms with Gasteiger partial charge in [-0.3, -0.25) is 9.69 Å². The average Bonchev–Trinajstić information content (AvgIpc) is 2.72. The molecule has 0 spiro atoms. The third-order valence-corrected chi connectivity index (χ3v) is 5.44. The molecule has 1 amide bonds. The first-order valence-corrected chi connectivity index (χ1v) is 9.89. The summed E-state index contributed by atoms with van der Waals surface area (Å²) < 4.78 is 11.0. The molecule has 1 heterocycles. The Bertz CT molecular complexity index is 807. The van der Waals surface area contributed by atoms with Gasteiger partial charge in [-0.2, -0.15) is 0 Å². The van der Waals surface area contributed by atoms with Crippen molar-refractivity contribution in [3.8, 4) is 11.5 Å². The summed E-state index contributed by atoms with van der Waals surface area (Å²) >= 11 is 0. The quantitative estimate of drug-likeness (QED) is 0.793. The summed E-state index contributed by atoms with van der Waals surface area (Å²) in [4.78, 5) is 14.5. The lowest BCUT2D eigenvalue weighted by Crippen LogP contribution is -2.47. The number of carbonyl (C=O) groups excluding carboxylic acids is 1. The molecule has 0 saturated carbocycles. The number of nitrogens with one attached hydrogen (secondary N) is 1. The zero-order valence-electron chi connectivity index (χ0n) is 17.2. The Balaban J connectivity index is 1.99. The van der Waals surface area contributed by atoms with Crippen molar-refractivity contribution in [1.82, 2.24) is 10.2 Å². The lowest BCUT2D eigenvalue weighted by atomic mass is 9.87. The zero-order valence-corrected chi connectivity index (χ0v) is 17.2. The van der Waals surface area contributed by atoms with Crippen molar-refractivity contribution >= 4 is 5.91 Å². The number of carbonyl (C=O) groups is 1. The van der Waals surface area contributed by atoms with Crippen LogP contribution in [0.15, 0.2) is 42.5 Å². The van der Waals surface area contributed by atoms with Crippen LogP contribution in [-0.4, -0.2) is 37.6 Å². The summed E-state index contributed by atoms with van der Waals surface area (Å²) in [6, 6.07) is 14.7. The van der Waals surface area contributed by atoms with Crippen LogP contribution in [0.2, 0.25) is 0 Å². The van der Waals surface area contributed by atoms with Gasteiger partial charge in [-0.15, -0.1) is 0 Å². The summed E-state index contributed by atoms with van der Waals surface area (Å²) in [5.74, 6) is 1.54. The van der Waals surface area contributed by atoms with Gasteiger partial charge in [0.1, 0.15) is 0 Å². The van der Waals surface area contributed by atoms with Crippen molar-refractivity contribution in [2.24, 2.45) is 0 Å². The molecule has 2 aromatic rings. The highest BCUT2D eigenvalue weighted by Crippen LogP contribution is 2.40. The second kappa shape index (κ2) is 9.11. The third kappa shape index (κ3) is 4.30. The SMILES string of the molecule is CCC(=O)N[C@@H](C)[C@H]1c2cc(OC)c(OC)cc2CCN1Cc1ccccc1. The Morgan fingerprint density at radius 2 is 1.86 bits per heavy atom. The Kier molecular flexibility index (Phi) is 6.57. The van der Waals surface area contributed by atoms with Gasteiger partial charge in [0, 0.05) is 25.6 Å². The lowest BCUT2D eigenvalue weighted by Gasteiger charge is -2.41. The Labute approximate surface area is 167 Å². The number of nitrogens with zero attached hydrogens (tertiary/aromatic N) is 1. The summed E-state index contributed by atoms with van der Waals surface area (Å²) in [5.41, 5.74) is 3.72. The molecule has 150 valence electrons. The van der Waals surface area contributed by atoms with Crippen LogP contribution >= 0.6 is 0 Å². The molecular formula is C23H30N2O3. The Morgan fingerprint density at radius 1 is 1.18 bits per heavy atom. The number of hydrogen-bond acceptors (Lipinski definition) is 4. The molecule has 1 aliphatic rings. The van der Waals surface area contributed by atoms with E-state index in [0.29, 0.717) is 6.42 Å². The number of rotatable bonds is 7. The Morgan fingerprint density at radius 3 is 2.50 bits per heavy atom. The van der Waals surface area contributed by atoms with Crippen LogP contribution in [0, 0.1) is 0 Å². The lowest BCUT2D eigenvalue weighted by molar-refractivity contribution is -0.121. The van der Waals surface area contributed by atoms with Gasteiger partial charge < -0.3 is 14.8 Å². The van der Waals surface area contributed by atoms with E-state index in [0.717, 1.165) is 31.0 Å². The number of benzene rings is 2. The van der Waals surface area contributed by atoms with Gasteiger partial charge in [0.2, 0.25) is 5.91 Å². The van der Waals surface area contributed by atoms with E-state index < -0.39 is 0 Å². The molecule has 2 aromatic carbocycles. The van der Waals surface area contributed by atoms with Crippen LogP contribution in [0.4, 0.5) is 0 Å². The predicted molar refractivity (Wildman–Crippen MR) is 111 cm³/mol. The van der Waals surface area contributed by atoms with E-state index >= 15 is 0 Å². The van der Waals surface area contributed by atoms with Crippen molar-refractivity contribution in [1.29, 1.82) is 0 Å². The van der Waals surface area contributed by atoms with Crippen molar-refractivity contribution < 1.29 is 14.3 Å². The van der Waals surface area contributed by atoms with Crippen LogP contribution in [-0.2, 0) is 17.8 Å². The molecule has 0 bridgehead atoms. The first kappa shape index (κ1) is 20.2. The molecule has 0 aromatic heterocycles. The fourth-order valence-electron chi connectivity index (χ4n) is 4.04. The minimum atomic E-state index is -0.0201. The highest BCUT2D eigenvalue weighted by Gasteiger charge is 2.33. The van der Waals surface area contributed by atoms with Crippen molar-refractivity contribution in [2.45, 2.75) is 45.3 Å². The predicted octanol–water partition coefficient (Wildman–Crippen LogP) is 3.72. The number of amides is 1. The summed E-state index contributed by atoms with van der Waals surface area (Å²) in [5, 5.41) is 3.17. The van der Waals surface area contributed by atoms with E-state index in [4.69, 9.17) is 9.47 Å². The molecule has 2 atom stereocenters. The molecule has 1 N–H and O–H groups in total. The van der Waals surface area contributed by atoms with Crippen LogP contribution in [0.25, 0.3) is 0 Å². The van der Waals surface area contributed by atoms with Gasteiger partial charge in [0.05, 0.1) is 20.3 Å². The van der Waals surface area contributed by atoms with Gasteiger partial charge in [-0.25, -0.2) is 0 Å². The second-order valence-electron chi connectivity index (χ2n) is 7.27. The first-order chi connectivity index (χ1) is 13.6. The average molecular weight is 383 g/mol. The minimum absolute atomic E-state index is 0.0201. The third-order valence-electron chi connectivity index (χ3n) is 5.44. The van der Waals surface area contributed by atoms with Crippen LogP contribution in [0.5, 0.6) is 11.5 Å². The van der Waals surface area contributed by atoms with Crippen LogP contribution < -0.4 is 14.8 Å². The van der Waals surface area contributed by atoms with Gasteiger partial charge in [-0.1, -0.05) is 37.3 Å². The standard InChI is InChI=1S/C23H30N2O3/c1-5-22(26)24-16(2)23-19-14-21(28-4)20(27-3)13-18(19)11-12-25(23)15-17-9-7-6-8-10-17/h6-10,13-14,16,23H,5,11-12,15H2,1-4H3,(H,24,26)/t16-,23-/m0/s1. The number of methoxy groups -OCH3 is 2. The van der Waals surface area contributed by atoms with E-state index in [9.17, 15) is 4.79 Å². The molecule has 5 heteroatoms. The van der Waals surface area contributed by atoms with Gasteiger partial charge in [-0.05, 0) is 42.2 Å². The van der Waals surface area contributed by atoms with E-state index in [1.807, 2.05) is 13.0 Å². The number of hydrogen-bond donors (Lipinski definition) is 1. The van der Waals surface area contributed by atoms with Gasteiger partial charge >= 0.3 is 0 Å². The van der Waals surface area contributed by atoms with E-state index in [1.165, 1.54) is 16.7 Å². The van der Waals surface area contributed by atoms with E-state index in [-0.39, 0.29) is 18.0 Å². The normalized spacial score (nSPS) is 17.5. The highest BCUT2D eigenvalue weighted by molar-refractivity contribution is 5.76. The summed E-state index contributed by atoms with van der Waals surface area (Å²) in [6.07, 6.45) is 1.42. The maximum atomic E-state index is 12.1. The summed E-state index contributed by atoms with van der Waals surface area (Å²) in [7, 11) is 3.32. The zero-order chi connectivity index (χ0) is 20.1. The van der Waals surface area contributed by atoms with Crippen LogP contribution in [0.3, 0.4) is 0 Å². The highest BCUT2D eigenvalue weighted by atomic mass is 16.5. The summed E-state index contributed by atoms with van der Waals surface area (Å²) in [6.45, 7) is 5.73. The Hall–Kier alpha value is -2.53. The number of ether oxygens (including phenoxy) is 2. The molecule has 0 saturated heterocycles. The number of fused-ring (bicyclic) bond motifs is 1. The van der Waals surface area contributed by atoms with Gasteiger partial charge in [0.15, 0.2) is 11.5 Å². The van der Waals surface area contributed by atoms with Crippen LogP contribution in [0.1, 0.15) is 43.0 Å². The van der Waals surface area contributed by atoms with E-state index in [2.05, 4.69) is 53.5 Å². The maximum absolute atomic E-state index is 12.1. The minimum Gasteiger partial charge on any atom is -0.493 e. The fraction of sp³-hybridized carbons (Fsp3) is 0.435. The fourth-order valence-corrected chi connectivity index (χ4v) is 4.04. The van der Waals surface area contributed by atoms with Crippen molar-refractivity contribution in [3.63, 3.8) is 0 Å². The topological polar surface area (TPSA) is 50.8 Å². The smallest absolute Gasteiger partial charge is 0.219 e. The molecule has 28 heavy (non-hydrogen) atoms. The first-order valence-electron chi connectivity index (χ1n) is 9.89. The molecule has 0 fully saturated rings. The molecule has 3 rings (SSSR count). The van der Waals surface area contributed by atoms with Crippen molar-refractivity contribution in [2.75, 3.05) is 20.8 Å². The maximum Gasteiger partial charge on any atom is 0.219 e. The molecule has 0 unspecified atom stereocenters. The van der Waals surface area contributed by atoms with Gasteiger partial charge in [0.25, 0.3) is 0 Å². The molecular weight excluding hydrogens is 352 g/mol. The molecule has 0 radical (unpaired) electrons. The molecule has 1 aliphatic heterocycles. The van der Waals surface area contributed by atoms with Crippen molar-refractivity contribution in [3.05, 3.63) is 59.2 Å². The van der Waals surface area contributed by atoms with E-state index in [1.54, 1.807) is 14.2 Å². The molecule has 0 aliphatic carbocycles. The monoisotopic (exact) mass is 382 g/mol.